The first-order valence-corrected chi connectivity index (χ1v) is 3.89. The maximum atomic E-state index is 11.0. The first-order chi connectivity index (χ1) is 5.77. The van der Waals surface area contributed by atoms with Gasteiger partial charge in [0.25, 0.3) is 0 Å². The van der Waals surface area contributed by atoms with Crippen molar-refractivity contribution in [1.29, 1.82) is 0 Å². The zero-order valence-electron chi connectivity index (χ0n) is 7.08. The second-order valence-corrected chi connectivity index (χ2v) is 2.71. The normalized spacial score (nSPS) is 29.8. The van der Waals surface area contributed by atoms with Crippen LogP contribution in [0.2, 0.25) is 0 Å². The molecule has 70 valence electrons. The van der Waals surface area contributed by atoms with Gasteiger partial charge in [0.05, 0.1) is 20.3 Å². The molecule has 0 radical (unpaired) electrons. The number of ether oxygens (including phenoxy) is 2. The van der Waals surface area contributed by atoms with Gasteiger partial charge in [-0.05, 0) is 0 Å². The number of carbonyl (C=O) groups excluding carboxylic acids is 1. The Kier molecular flexibility index (Phi) is 3.46. The lowest BCUT2D eigenvalue weighted by Crippen LogP contribution is -2.55. The van der Waals surface area contributed by atoms with Crippen molar-refractivity contribution in [2.45, 2.75) is 12.1 Å². The first-order valence-electron chi connectivity index (χ1n) is 3.89. The molecule has 3 N–H and O–H groups in total. The summed E-state index contributed by atoms with van der Waals surface area (Å²) in [4.78, 5) is 11.0. The molecule has 2 atom stereocenters. The molecular formula is C7H14N2O3. The molecule has 0 bridgehead atoms. The highest BCUT2D eigenvalue weighted by molar-refractivity contribution is 5.75. The van der Waals surface area contributed by atoms with Gasteiger partial charge in [-0.3, -0.25) is 10.1 Å². The van der Waals surface area contributed by atoms with Crippen LogP contribution in [-0.2, 0) is 14.3 Å². The summed E-state index contributed by atoms with van der Waals surface area (Å²) in [5, 5.41) is 3.03. The van der Waals surface area contributed by atoms with Gasteiger partial charge in [-0.2, -0.15) is 0 Å². The molecule has 0 aliphatic carbocycles. The second kappa shape index (κ2) is 4.39. The molecule has 1 rings (SSSR count). The van der Waals surface area contributed by atoms with Gasteiger partial charge in [0, 0.05) is 12.6 Å². The summed E-state index contributed by atoms with van der Waals surface area (Å²) in [6.45, 7) is 1.39. The molecule has 0 amide bonds. The van der Waals surface area contributed by atoms with E-state index in [1.807, 2.05) is 0 Å². The van der Waals surface area contributed by atoms with Crippen LogP contribution in [0.5, 0.6) is 0 Å². The number of esters is 1. The minimum Gasteiger partial charge on any atom is -0.468 e. The van der Waals surface area contributed by atoms with Crippen LogP contribution in [-0.4, -0.2) is 44.9 Å². The van der Waals surface area contributed by atoms with Crippen LogP contribution >= 0.6 is 0 Å². The molecule has 5 heteroatoms. The highest BCUT2D eigenvalue weighted by Gasteiger charge is 2.26. The van der Waals surface area contributed by atoms with E-state index in [-0.39, 0.29) is 18.1 Å². The molecule has 0 aromatic rings. The predicted octanol–water partition coefficient (Wildman–Crippen LogP) is -1.52. The zero-order valence-corrected chi connectivity index (χ0v) is 7.08. The minimum absolute atomic E-state index is 0.0582. The Labute approximate surface area is 71.2 Å². The Bertz CT molecular complexity index is 163. The highest BCUT2D eigenvalue weighted by Crippen LogP contribution is 1.99. The van der Waals surface area contributed by atoms with Crippen molar-refractivity contribution in [2.75, 3.05) is 26.9 Å². The highest BCUT2D eigenvalue weighted by atomic mass is 16.5. The Morgan fingerprint density at radius 2 is 2.50 bits per heavy atom. The van der Waals surface area contributed by atoms with E-state index in [0.29, 0.717) is 19.8 Å². The summed E-state index contributed by atoms with van der Waals surface area (Å²) in [6, 6.07) is -0.305. The Hall–Kier alpha value is -0.650. The molecule has 5 nitrogen and oxygen atoms in total. The van der Waals surface area contributed by atoms with Crippen LogP contribution in [0.1, 0.15) is 0 Å². The van der Waals surface area contributed by atoms with Crippen molar-refractivity contribution in [2.24, 2.45) is 5.73 Å². The lowest BCUT2D eigenvalue weighted by molar-refractivity contribution is -0.147. The van der Waals surface area contributed by atoms with Crippen molar-refractivity contribution in [3.8, 4) is 0 Å². The molecule has 1 aliphatic heterocycles. The topological polar surface area (TPSA) is 73.6 Å². The molecule has 1 saturated heterocycles. The number of methoxy groups -OCH3 is 1. The van der Waals surface area contributed by atoms with E-state index < -0.39 is 0 Å². The largest absolute Gasteiger partial charge is 0.468 e. The molecular weight excluding hydrogens is 160 g/mol. The quantitative estimate of drug-likeness (QED) is 0.497. The van der Waals surface area contributed by atoms with Gasteiger partial charge in [-0.25, -0.2) is 0 Å². The van der Waals surface area contributed by atoms with E-state index >= 15 is 0 Å². The number of hydrogen-bond donors (Lipinski definition) is 2. The molecule has 0 aromatic carbocycles. The van der Waals surface area contributed by atoms with E-state index in [0.717, 1.165) is 0 Å². The van der Waals surface area contributed by atoms with Crippen LogP contribution < -0.4 is 11.1 Å². The summed E-state index contributed by atoms with van der Waals surface area (Å²) >= 11 is 0. The fourth-order valence-corrected chi connectivity index (χ4v) is 1.12. The molecule has 0 saturated carbocycles. The number of nitrogens with two attached hydrogens (primary N) is 1. The average molecular weight is 174 g/mol. The standard InChI is InChI=1S/C7H14N2O3/c1-11-7(10)6-4-12-3-5(2-8)9-6/h5-6,9H,2-4,8H2,1H3/t5?,6-/m0/s1. The van der Waals surface area contributed by atoms with Gasteiger partial charge in [-0.15, -0.1) is 0 Å². The zero-order chi connectivity index (χ0) is 8.97. The molecule has 12 heavy (non-hydrogen) atoms. The Balaban J connectivity index is 2.40. The van der Waals surface area contributed by atoms with Crippen molar-refractivity contribution in [3.05, 3.63) is 0 Å². The van der Waals surface area contributed by atoms with Gasteiger partial charge in [0.2, 0.25) is 0 Å². The molecule has 1 fully saturated rings. The third-order valence-corrected chi connectivity index (χ3v) is 1.81. The third-order valence-electron chi connectivity index (χ3n) is 1.81. The van der Waals surface area contributed by atoms with Crippen molar-refractivity contribution < 1.29 is 14.3 Å². The van der Waals surface area contributed by atoms with Gasteiger partial charge < -0.3 is 15.2 Å². The third kappa shape index (κ3) is 2.17. The summed E-state index contributed by atoms with van der Waals surface area (Å²) < 4.78 is 9.73. The fourth-order valence-electron chi connectivity index (χ4n) is 1.12. The van der Waals surface area contributed by atoms with Gasteiger partial charge in [0.15, 0.2) is 0 Å². The van der Waals surface area contributed by atoms with E-state index in [9.17, 15) is 4.79 Å². The number of hydrogen-bond acceptors (Lipinski definition) is 5. The van der Waals surface area contributed by atoms with E-state index in [1.54, 1.807) is 0 Å². The minimum atomic E-state index is -0.364. The molecule has 1 aliphatic rings. The van der Waals surface area contributed by atoms with Gasteiger partial charge in [0.1, 0.15) is 6.04 Å². The summed E-state index contributed by atoms with van der Waals surface area (Å²) in [7, 11) is 1.36. The van der Waals surface area contributed by atoms with Crippen LogP contribution in [0.15, 0.2) is 0 Å². The van der Waals surface area contributed by atoms with E-state index in [4.69, 9.17) is 10.5 Å². The van der Waals surface area contributed by atoms with Crippen molar-refractivity contribution in [3.63, 3.8) is 0 Å². The first kappa shape index (κ1) is 9.44. The monoisotopic (exact) mass is 174 g/mol. The average Bonchev–Trinajstić information content (AvgIpc) is 2.17. The summed E-state index contributed by atoms with van der Waals surface area (Å²) in [5.74, 6) is -0.298. The number of rotatable bonds is 2. The van der Waals surface area contributed by atoms with E-state index in [1.165, 1.54) is 7.11 Å². The Morgan fingerprint density at radius 1 is 1.75 bits per heavy atom. The van der Waals surface area contributed by atoms with Crippen molar-refractivity contribution in [1.82, 2.24) is 5.32 Å². The molecule has 0 aromatic heterocycles. The smallest absolute Gasteiger partial charge is 0.325 e. The van der Waals surface area contributed by atoms with Crippen LogP contribution in [0.4, 0.5) is 0 Å². The van der Waals surface area contributed by atoms with Crippen molar-refractivity contribution >= 4 is 5.97 Å². The molecule has 1 heterocycles. The SMILES string of the molecule is COC(=O)[C@@H]1COCC(CN)N1. The maximum Gasteiger partial charge on any atom is 0.325 e. The number of carbonyl (C=O) groups is 1. The lowest BCUT2D eigenvalue weighted by Gasteiger charge is -2.28. The predicted molar refractivity (Wildman–Crippen MR) is 42.6 cm³/mol. The van der Waals surface area contributed by atoms with Crippen LogP contribution in [0.3, 0.4) is 0 Å². The van der Waals surface area contributed by atoms with E-state index in [2.05, 4.69) is 10.1 Å². The molecule has 1 unspecified atom stereocenters. The molecule has 0 spiro atoms. The van der Waals surface area contributed by atoms with Crippen LogP contribution in [0.25, 0.3) is 0 Å². The maximum absolute atomic E-state index is 11.0. The summed E-state index contributed by atoms with van der Waals surface area (Å²) in [6.07, 6.45) is 0. The van der Waals surface area contributed by atoms with Crippen LogP contribution in [0, 0.1) is 0 Å². The number of nitrogens with one attached hydrogen (secondary N) is 1. The van der Waals surface area contributed by atoms with Gasteiger partial charge in [-0.1, -0.05) is 0 Å². The number of morpholine rings is 1. The lowest BCUT2D eigenvalue weighted by atomic mass is 10.2. The summed E-state index contributed by atoms with van der Waals surface area (Å²) in [5.41, 5.74) is 5.41. The van der Waals surface area contributed by atoms with Gasteiger partial charge >= 0.3 is 5.97 Å². The Morgan fingerprint density at radius 3 is 3.08 bits per heavy atom. The second-order valence-electron chi connectivity index (χ2n) is 2.71. The fraction of sp³-hybridized carbons (Fsp3) is 0.857.